The lowest BCUT2D eigenvalue weighted by molar-refractivity contribution is 0.933. The Morgan fingerprint density at radius 3 is 2.22 bits per heavy atom. The number of hydrogen-bond acceptors (Lipinski definition) is 0. The van der Waals surface area contributed by atoms with Crippen molar-refractivity contribution in [2.75, 3.05) is 0 Å². The maximum Gasteiger partial charge on any atom is -0.0348 e. The Hall–Kier alpha value is -0.260. The van der Waals surface area contributed by atoms with Crippen molar-refractivity contribution in [1.82, 2.24) is 0 Å². The van der Waals surface area contributed by atoms with Crippen LogP contribution in [-0.2, 0) is 0 Å². The van der Waals surface area contributed by atoms with E-state index in [-0.39, 0.29) is 0 Å². The molecule has 0 nitrogen and oxygen atoms in total. The van der Waals surface area contributed by atoms with Gasteiger partial charge in [-0.2, -0.15) is 0 Å². The third kappa shape index (κ3) is 4.26. The van der Waals surface area contributed by atoms with Crippen LogP contribution in [0.25, 0.3) is 0 Å². The van der Waals surface area contributed by atoms with Gasteiger partial charge in [0, 0.05) is 0 Å². The van der Waals surface area contributed by atoms with E-state index in [2.05, 4.69) is 26.8 Å². The highest BCUT2D eigenvalue weighted by Crippen LogP contribution is 2.06. The molecule has 0 heterocycles. The summed E-state index contributed by atoms with van der Waals surface area (Å²) in [5.74, 6) is 0. The van der Waals surface area contributed by atoms with Crippen molar-refractivity contribution in [3.63, 3.8) is 0 Å². The molecular weight excluding hydrogens is 108 g/mol. The second kappa shape index (κ2) is 5.87. The molecule has 1 radical (unpaired) electrons. The van der Waals surface area contributed by atoms with E-state index in [1.165, 1.54) is 12.8 Å². The van der Waals surface area contributed by atoms with E-state index in [4.69, 9.17) is 0 Å². The predicted molar refractivity (Wildman–Crippen MR) is 43.3 cm³/mol. The van der Waals surface area contributed by atoms with Gasteiger partial charge in [0.15, 0.2) is 0 Å². The van der Waals surface area contributed by atoms with Crippen LogP contribution < -0.4 is 0 Å². The number of hydrogen-bond donors (Lipinski definition) is 0. The average Bonchev–Trinajstić information content (AvgIpc) is 1.91. The Kier molecular flexibility index (Phi) is 5.70. The van der Waals surface area contributed by atoms with Crippen molar-refractivity contribution in [3.8, 4) is 0 Å². The van der Waals surface area contributed by atoms with Gasteiger partial charge in [-0.3, -0.25) is 0 Å². The van der Waals surface area contributed by atoms with Crippen molar-refractivity contribution < 1.29 is 0 Å². The lowest BCUT2D eigenvalue weighted by Crippen LogP contribution is -1.76. The summed E-state index contributed by atoms with van der Waals surface area (Å²) in [4.78, 5) is 0. The summed E-state index contributed by atoms with van der Waals surface area (Å²) >= 11 is 0. The summed E-state index contributed by atoms with van der Waals surface area (Å²) in [5.41, 5.74) is 1.57. The van der Waals surface area contributed by atoms with Crippen molar-refractivity contribution in [1.29, 1.82) is 0 Å². The molecule has 0 aliphatic carbocycles. The molecule has 0 saturated carbocycles. The van der Waals surface area contributed by atoms with E-state index in [0.717, 1.165) is 12.8 Å². The van der Waals surface area contributed by atoms with Gasteiger partial charge in [0.2, 0.25) is 0 Å². The van der Waals surface area contributed by atoms with Gasteiger partial charge in [0.1, 0.15) is 0 Å². The zero-order chi connectivity index (χ0) is 7.11. The summed E-state index contributed by atoms with van der Waals surface area (Å²) in [5, 5.41) is 0. The topological polar surface area (TPSA) is 0 Å². The second-order valence-corrected chi connectivity index (χ2v) is 2.21. The standard InChI is InChI=1S/C9H17/c1-4-7-8-9(5-2)6-3/h8H,1,4-7H2,2-3H3. The van der Waals surface area contributed by atoms with Crippen LogP contribution in [0.15, 0.2) is 11.6 Å². The minimum absolute atomic E-state index is 1.03. The first-order valence-electron chi connectivity index (χ1n) is 3.82. The first kappa shape index (κ1) is 8.74. The van der Waals surface area contributed by atoms with Gasteiger partial charge in [0.25, 0.3) is 0 Å². The third-order valence-electron chi connectivity index (χ3n) is 1.55. The van der Waals surface area contributed by atoms with Crippen LogP contribution in [0.5, 0.6) is 0 Å². The van der Waals surface area contributed by atoms with Gasteiger partial charge < -0.3 is 0 Å². The Bertz CT molecular complexity index is 74.0. The molecule has 0 aromatic rings. The smallest absolute Gasteiger partial charge is 0.0348 e. The zero-order valence-electron chi connectivity index (χ0n) is 6.61. The number of allylic oxidation sites excluding steroid dienone is 2. The van der Waals surface area contributed by atoms with Gasteiger partial charge in [-0.25, -0.2) is 0 Å². The van der Waals surface area contributed by atoms with Crippen molar-refractivity contribution in [3.05, 3.63) is 18.6 Å². The third-order valence-corrected chi connectivity index (χ3v) is 1.55. The SMILES string of the molecule is [CH2]CCC=C(CC)CC. The summed E-state index contributed by atoms with van der Waals surface area (Å²) < 4.78 is 0. The largest absolute Gasteiger partial charge is 0.0854 e. The van der Waals surface area contributed by atoms with Crippen LogP contribution in [0.3, 0.4) is 0 Å². The minimum Gasteiger partial charge on any atom is -0.0854 e. The molecule has 0 unspecified atom stereocenters. The van der Waals surface area contributed by atoms with E-state index in [1.54, 1.807) is 5.57 Å². The Morgan fingerprint density at radius 1 is 1.33 bits per heavy atom. The Balaban J connectivity index is 3.48. The maximum absolute atomic E-state index is 3.78. The summed E-state index contributed by atoms with van der Waals surface area (Å²) in [7, 11) is 0. The molecule has 0 aromatic carbocycles. The molecule has 0 aliphatic rings. The molecule has 0 saturated heterocycles. The monoisotopic (exact) mass is 125 g/mol. The fourth-order valence-corrected chi connectivity index (χ4v) is 0.845. The first-order chi connectivity index (χ1) is 4.35. The van der Waals surface area contributed by atoms with Gasteiger partial charge in [-0.05, 0) is 25.7 Å². The molecule has 0 aliphatic heterocycles. The van der Waals surface area contributed by atoms with Crippen LogP contribution in [0, 0.1) is 6.92 Å². The van der Waals surface area contributed by atoms with Crippen LogP contribution in [-0.4, -0.2) is 0 Å². The molecule has 0 bridgehead atoms. The summed E-state index contributed by atoms with van der Waals surface area (Å²) in [6, 6.07) is 0. The fraction of sp³-hybridized carbons (Fsp3) is 0.667. The fourth-order valence-electron chi connectivity index (χ4n) is 0.845. The second-order valence-electron chi connectivity index (χ2n) is 2.21. The molecule has 53 valence electrons. The molecule has 0 atom stereocenters. The molecule has 0 aromatic heterocycles. The molecule has 0 spiro atoms. The van der Waals surface area contributed by atoms with Crippen LogP contribution in [0.2, 0.25) is 0 Å². The van der Waals surface area contributed by atoms with Crippen molar-refractivity contribution >= 4 is 0 Å². The predicted octanol–water partition coefficient (Wildman–Crippen LogP) is 3.35. The van der Waals surface area contributed by atoms with E-state index in [1.807, 2.05) is 0 Å². The van der Waals surface area contributed by atoms with Gasteiger partial charge in [-0.15, -0.1) is 0 Å². The van der Waals surface area contributed by atoms with Crippen molar-refractivity contribution in [2.24, 2.45) is 0 Å². The quantitative estimate of drug-likeness (QED) is 0.505. The highest BCUT2D eigenvalue weighted by atomic mass is 13.9. The summed E-state index contributed by atoms with van der Waals surface area (Å²) in [6.45, 7) is 8.20. The van der Waals surface area contributed by atoms with E-state index < -0.39 is 0 Å². The zero-order valence-corrected chi connectivity index (χ0v) is 6.61. The lowest BCUT2D eigenvalue weighted by Gasteiger charge is -1.97. The molecule has 0 N–H and O–H groups in total. The van der Waals surface area contributed by atoms with E-state index in [0.29, 0.717) is 0 Å². The average molecular weight is 125 g/mol. The lowest BCUT2D eigenvalue weighted by atomic mass is 10.1. The first-order valence-corrected chi connectivity index (χ1v) is 3.82. The highest BCUT2D eigenvalue weighted by molar-refractivity contribution is 4.99. The maximum atomic E-state index is 3.78. The van der Waals surface area contributed by atoms with E-state index in [9.17, 15) is 0 Å². The van der Waals surface area contributed by atoms with Crippen LogP contribution >= 0.6 is 0 Å². The number of unbranched alkanes of at least 4 members (excludes halogenated alkanes) is 1. The van der Waals surface area contributed by atoms with E-state index >= 15 is 0 Å². The Labute approximate surface area is 59.0 Å². The Morgan fingerprint density at radius 2 is 1.89 bits per heavy atom. The molecular formula is C9H17. The molecule has 0 heteroatoms. The van der Waals surface area contributed by atoms with Crippen molar-refractivity contribution in [2.45, 2.75) is 39.5 Å². The molecule has 0 rings (SSSR count). The minimum atomic E-state index is 1.03. The highest BCUT2D eigenvalue weighted by Gasteiger charge is 1.86. The molecule has 9 heavy (non-hydrogen) atoms. The van der Waals surface area contributed by atoms with Gasteiger partial charge in [0.05, 0.1) is 0 Å². The van der Waals surface area contributed by atoms with Crippen LogP contribution in [0.4, 0.5) is 0 Å². The van der Waals surface area contributed by atoms with Crippen LogP contribution in [0.1, 0.15) is 39.5 Å². The molecule has 0 fully saturated rings. The number of rotatable bonds is 4. The van der Waals surface area contributed by atoms with Gasteiger partial charge in [-0.1, -0.05) is 32.4 Å². The normalized spacial score (nSPS) is 9.22. The summed E-state index contributed by atoms with van der Waals surface area (Å²) in [6.07, 6.45) is 6.90. The molecule has 0 amide bonds. The van der Waals surface area contributed by atoms with Gasteiger partial charge >= 0.3 is 0 Å².